The summed E-state index contributed by atoms with van der Waals surface area (Å²) >= 11 is 13.3. The summed E-state index contributed by atoms with van der Waals surface area (Å²) in [4.78, 5) is 9.54. The van der Waals surface area contributed by atoms with Crippen molar-refractivity contribution in [1.82, 2.24) is 14.8 Å². The van der Waals surface area contributed by atoms with Gasteiger partial charge in [0.2, 0.25) is 4.77 Å². The molecule has 2 aromatic heterocycles. The summed E-state index contributed by atoms with van der Waals surface area (Å²) in [5.41, 5.74) is 2.52. The summed E-state index contributed by atoms with van der Waals surface area (Å²) in [6, 6.07) is 10.2. The van der Waals surface area contributed by atoms with Gasteiger partial charge in [-0.05, 0) is 48.3 Å². The van der Waals surface area contributed by atoms with Crippen LogP contribution in [0.25, 0.3) is 10.7 Å². The van der Waals surface area contributed by atoms with Gasteiger partial charge in [-0.25, -0.2) is 4.68 Å². The molecular weight excluding hydrogens is 386 g/mol. The van der Waals surface area contributed by atoms with E-state index in [4.69, 9.17) is 23.8 Å². The van der Waals surface area contributed by atoms with Crippen molar-refractivity contribution in [3.63, 3.8) is 0 Å². The number of piperazine rings is 1. The van der Waals surface area contributed by atoms with Gasteiger partial charge in [0.15, 0.2) is 12.5 Å². The Bertz CT molecular complexity index is 939. The minimum Gasteiger partial charge on any atom is -0.360 e. The molecular formula is C18H21ClN5S2+. The Morgan fingerprint density at radius 3 is 2.85 bits per heavy atom. The number of thiophene rings is 1. The minimum absolute atomic E-state index is 0.619. The van der Waals surface area contributed by atoms with Crippen LogP contribution in [0.2, 0.25) is 5.02 Å². The fraction of sp³-hybridized carbons (Fsp3) is 0.333. The average molecular weight is 407 g/mol. The van der Waals surface area contributed by atoms with Crippen molar-refractivity contribution in [1.29, 1.82) is 0 Å². The lowest BCUT2D eigenvalue weighted by Gasteiger charge is -2.34. The van der Waals surface area contributed by atoms with Crippen LogP contribution in [0.1, 0.15) is 5.56 Å². The molecule has 1 fully saturated rings. The first-order chi connectivity index (χ1) is 12.6. The van der Waals surface area contributed by atoms with Gasteiger partial charge in [-0.2, -0.15) is 4.98 Å². The largest absolute Gasteiger partial charge is 0.360 e. The van der Waals surface area contributed by atoms with Gasteiger partial charge in [-0.15, -0.1) is 11.3 Å². The molecule has 0 spiro atoms. The van der Waals surface area contributed by atoms with Crippen molar-refractivity contribution in [2.24, 2.45) is 0 Å². The Labute approximate surface area is 166 Å². The average Bonchev–Trinajstić information content (AvgIpc) is 3.28. The number of aryl methyl sites for hydroxylation is 1. The van der Waals surface area contributed by atoms with Gasteiger partial charge in [-0.1, -0.05) is 23.7 Å². The van der Waals surface area contributed by atoms with Crippen LogP contribution >= 0.6 is 35.2 Å². The lowest BCUT2D eigenvalue weighted by atomic mass is 10.1. The maximum absolute atomic E-state index is 6.18. The van der Waals surface area contributed by atoms with E-state index >= 15 is 0 Å². The molecule has 0 aliphatic carbocycles. The molecule has 3 aromatic rings. The van der Waals surface area contributed by atoms with Gasteiger partial charge in [-0.3, -0.25) is 5.10 Å². The van der Waals surface area contributed by atoms with Crippen LogP contribution in [-0.2, 0) is 6.67 Å². The number of hydrogen-bond donors (Lipinski definition) is 2. The molecule has 136 valence electrons. The fourth-order valence-corrected chi connectivity index (χ4v) is 4.39. The molecule has 3 heterocycles. The quantitative estimate of drug-likeness (QED) is 0.654. The summed E-state index contributed by atoms with van der Waals surface area (Å²) in [5.74, 6) is 0.859. The van der Waals surface area contributed by atoms with E-state index in [1.54, 1.807) is 11.3 Å². The fourth-order valence-electron chi connectivity index (χ4n) is 3.36. The topological polar surface area (TPSA) is 41.3 Å². The highest BCUT2D eigenvalue weighted by Gasteiger charge is 2.22. The zero-order chi connectivity index (χ0) is 18.1. The molecule has 0 atom stereocenters. The molecule has 26 heavy (non-hydrogen) atoms. The molecule has 0 radical (unpaired) electrons. The monoisotopic (exact) mass is 406 g/mol. The van der Waals surface area contributed by atoms with E-state index in [9.17, 15) is 0 Å². The summed E-state index contributed by atoms with van der Waals surface area (Å²) in [6.45, 7) is 7.09. The second kappa shape index (κ2) is 7.52. The number of anilines is 1. The van der Waals surface area contributed by atoms with Crippen molar-refractivity contribution in [2.75, 3.05) is 31.1 Å². The van der Waals surface area contributed by atoms with Crippen LogP contribution in [0.5, 0.6) is 0 Å². The number of hydrogen-bond acceptors (Lipinski definition) is 4. The zero-order valence-electron chi connectivity index (χ0n) is 14.5. The van der Waals surface area contributed by atoms with Gasteiger partial charge in [0.25, 0.3) is 0 Å². The van der Waals surface area contributed by atoms with Gasteiger partial charge < -0.3 is 9.80 Å². The second-order valence-corrected chi connectivity index (χ2v) is 8.34. The molecule has 8 heteroatoms. The standard InChI is InChI=1S/C18H20ClN5S2/c1-13-4-5-14(19)11-15(13)23-8-6-22(7-9-23)12-24-18(25)20-17(21-24)16-3-2-10-26-16/h2-5,10-11H,6-9,12H2,1H3,(H,20,21,25)/p+1. The van der Waals surface area contributed by atoms with Crippen molar-refractivity contribution in [3.05, 3.63) is 51.1 Å². The number of quaternary nitrogens is 1. The molecule has 0 bridgehead atoms. The number of halogens is 1. The third kappa shape index (κ3) is 3.71. The number of benzene rings is 1. The summed E-state index contributed by atoms with van der Waals surface area (Å²) in [5, 5.41) is 6.20. The van der Waals surface area contributed by atoms with Gasteiger partial charge in [0.1, 0.15) is 0 Å². The number of aromatic amines is 1. The summed E-state index contributed by atoms with van der Waals surface area (Å²) < 4.78 is 2.61. The van der Waals surface area contributed by atoms with Crippen LogP contribution in [0.4, 0.5) is 5.69 Å². The second-order valence-electron chi connectivity index (χ2n) is 6.59. The van der Waals surface area contributed by atoms with Gasteiger partial charge >= 0.3 is 0 Å². The molecule has 0 amide bonds. The predicted octanol–water partition coefficient (Wildman–Crippen LogP) is 2.99. The highest BCUT2D eigenvalue weighted by Crippen LogP contribution is 2.24. The number of H-pyrrole nitrogens is 1. The maximum Gasteiger partial charge on any atom is 0.221 e. The zero-order valence-corrected chi connectivity index (χ0v) is 16.9. The first-order valence-corrected chi connectivity index (χ1v) is 10.3. The SMILES string of the molecule is Cc1ccc(Cl)cc1N1CC[NH+](Cn2[nH]c(-c3cccs3)nc2=S)CC1. The molecule has 1 saturated heterocycles. The molecule has 4 rings (SSSR count). The molecule has 1 aliphatic heterocycles. The number of nitrogens with one attached hydrogen (secondary N) is 2. The highest BCUT2D eigenvalue weighted by atomic mass is 35.5. The summed E-state index contributed by atoms with van der Waals surface area (Å²) in [7, 11) is 0. The molecule has 1 aliphatic rings. The predicted molar refractivity (Wildman–Crippen MR) is 110 cm³/mol. The van der Waals surface area contributed by atoms with E-state index in [1.165, 1.54) is 16.2 Å². The van der Waals surface area contributed by atoms with E-state index < -0.39 is 0 Å². The van der Waals surface area contributed by atoms with E-state index in [2.05, 4.69) is 40.1 Å². The van der Waals surface area contributed by atoms with Crippen LogP contribution in [0.3, 0.4) is 0 Å². The van der Waals surface area contributed by atoms with Crippen LogP contribution in [0.15, 0.2) is 35.7 Å². The first kappa shape index (κ1) is 17.7. The number of nitrogens with zero attached hydrogens (tertiary/aromatic N) is 3. The van der Waals surface area contributed by atoms with E-state index in [0.29, 0.717) is 4.77 Å². The van der Waals surface area contributed by atoms with Gasteiger partial charge in [0, 0.05) is 10.7 Å². The summed E-state index contributed by atoms with van der Waals surface area (Å²) in [6.07, 6.45) is 0. The van der Waals surface area contributed by atoms with Crippen LogP contribution in [-0.4, -0.2) is 40.9 Å². The molecule has 1 aromatic carbocycles. The first-order valence-electron chi connectivity index (χ1n) is 8.65. The Hall–Kier alpha value is -1.67. The molecule has 5 nitrogen and oxygen atoms in total. The van der Waals surface area contributed by atoms with E-state index in [1.807, 2.05) is 22.2 Å². The lowest BCUT2D eigenvalue weighted by molar-refractivity contribution is -0.924. The van der Waals surface area contributed by atoms with Crippen LogP contribution in [0, 0.1) is 11.7 Å². The number of aromatic nitrogens is 3. The Kier molecular flexibility index (Phi) is 5.13. The van der Waals surface area contributed by atoms with Crippen LogP contribution < -0.4 is 9.80 Å². The normalized spacial score (nSPS) is 15.5. The molecule has 0 unspecified atom stereocenters. The van der Waals surface area contributed by atoms with Crippen molar-refractivity contribution in [3.8, 4) is 10.7 Å². The lowest BCUT2D eigenvalue weighted by Crippen LogP contribution is -3.14. The van der Waals surface area contributed by atoms with E-state index in [-0.39, 0.29) is 0 Å². The minimum atomic E-state index is 0.619. The molecule has 2 N–H and O–H groups in total. The van der Waals surface area contributed by atoms with Gasteiger partial charge in [0.05, 0.1) is 31.1 Å². The third-order valence-corrected chi connectivity index (χ3v) is 6.22. The Morgan fingerprint density at radius 2 is 2.12 bits per heavy atom. The Morgan fingerprint density at radius 1 is 1.31 bits per heavy atom. The Balaban J connectivity index is 1.41. The highest BCUT2D eigenvalue weighted by molar-refractivity contribution is 7.71. The number of rotatable bonds is 4. The van der Waals surface area contributed by atoms with Crippen molar-refractivity contribution < 1.29 is 4.90 Å². The van der Waals surface area contributed by atoms with E-state index in [0.717, 1.165) is 48.6 Å². The maximum atomic E-state index is 6.18. The smallest absolute Gasteiger partial charge is 0.221 e. The van der Waals surface area contributed by atoms with Crippen molar-refractivity contribution in [2.45, 2.75) is 13.6 Å². The third-order valence-electron chi connectivity index (χ3n) is 4.80. The molecule has 0 saturated carbocycles. The van der Waals surface area contributed by atoms with Crippen molar-refractivity contribution >= 4 is 40.8 Å².